The van der Waals surface area contributed by atoms with Crippen LogP contribution in [0.25, 0.3) is 6.08 Å². The molecule has 1 amide bonds. The Morgan fingerprint density at radius 1 is 1.13 bits per heavy atom. The van der Waals surface area contributed by atoms with E-state index in [1.165, 1.54) is 5.57 Å². The summed E-state index contributed by atoms with van der Waals surface area (Å²) in [6, 6.07) is 5.71. The zero-order chi connectivity index (χ0) is 21.6. The van der Waals surface area contributed by atoms with Gasteiger partial charge in [0.05, 0.1) is 12.2 Å². The van der Waals surface area contributed by atoms with Gasteiger partial charge in [-0.3, -0.25) is 4.79 Å². The molecule has 0 atom stereocenters. The summed E-state index contributed by atoms with van der Waals surface area (Å²) in [7, 11) is 0. The fourth-order valence-corrected chi connectivity index (χ4v) is 3.92. The second-order valence-corrected chi connectivity index (χ2v) is 8.21. The van der Waals surface area contributed by atoms with E-state index in [2.05, 4.69) is 50.7 Å². The Labute approximate surface area is 187 Å². The van der Waals surface area contributed by atoms with Crippen molar-refractivity contribution in [2.24, 2.45) is 0 Å². The standard InChI is InChI=1S/C24H26ClN5O/c1-16-11-18-8-9-19(25)13-22(18)30-24-20-12-17(6-4-7-21(20)28-15-29-24)5-2-3-10-26-23(31)14-27-16/h4,6,8-9,12-13,15,27H,1-3,5,7,10-11,14H2,(H,26,31)(H,28,29,30). The number of allylic oxidation sites excluding steroid dienone is 4. The number of carbonyl (C=O) groups excluding carboxylic acids is 1. The van der Waals surface area contributed by atoms with E-state index in [0.717, 1.165) is 59.7 Å². The van der Waals surface area contributed by atoms with Crippen LogP contribution in [0.2, 0.25) is 5.02 Å². The van der Waals surface area contributed by atoms with E-state index in [-0.39, 0.29) is 12.5 Å². The normalized spacial score (nSPS) is 17.3. The summed E-state index contributed by atoms with van der Waals surface area (Å²) in [5.41, 5.74) is 5.85. The molecule has 0 saturated carbocycles. The van der Waals surface area contributed by atoms with Crippen molar-refractivity contribution in [3.05, 3.63) is 76.4 Å². The third-order valence-electron chi connectivity index (χ3n) is 5.38. The smallest absolute Gasteiger partial charge is 0.239 e. The van der Waals surface area contributed by atoms with Crippen LogP contribution < -0.4 is 16.0 Å². The van der Waals surface area contributed by atoms with Crippen LogP contribution in [0.5, 0.6) is 0 Å². The van der Waals surface area contributed by atoms with Gasteiger partial charge in [0, 0.05) is 41.4 Å². The molecule has 0 fully saturated rings. The maximum atomic E-state index is 12.1. The van der Waals surface area contributed by atoms with Crippen molar-refractivity contribution in [2.75, 3.05) is 18.4 Å². The van der Waals surface area contributed by atoms with Crippen LogP contribution in [0.4, 0.5) is 11.5 Å². The summed E-state index contributed by atoms with van der Waals surface area (Å²) >= 11 is 6.30. The first-order valence-electron chi connectivity index (χ1n) is 10.5. The summed E-state index contributed by atoms with van der Waals surface area (Å²) in [5, 5.41) is 10.2. The van der Waals surface area contributed by atoms with Gasteiger partial charge in [0.1, 0.15) is 12.1 Å². The molecule has 3 N–H and O–H groups in total. The first-order valence-corrected chi connectivity index (χ1v) is 10.9. The summed E-state index contributed by atoms with van der Waals surface area (Å²) < 4.78 is 0. The SMILES string of the molecule is C=C1Cc2ccc(Cl)cc2Nc2ncnc3c2C=C(C=CC3)CCCCNC(=O)CN1. The third kappa shape index (κ3) is 5.52. The minimum absolute atomic E-state index is 0.0270. The van der Waals surface area contributed by atoms with Crippen molar-refractivity contribution in [1.82, 2.24) is 20.6 Å². The molecule has 2 aliphatic rings. The minimum Gasteiger partial charge on any atom is -0.380 e. The highest BCUT2D eigenvalue weighted by atomic mass is 35.5. The molecule has 1 aliphatic carbocycles. The van der Waals surface area contributed by atoms with E-state index in [4.69, 9.17) is 11.6 Å². The summed E-state index contributed by atoms with van der Waals surface area (Å²) in [5.74, 6) is 0.732. The summed E-state index contributed by atoms with van der Waals surface area (Å²) in [6.07, 6.45) is 12.2. The first-order chi connectivity index (χ1) is 15.1. The third-order valence-corrected chi connectivity index (χ3v) is 5.62. The molecule has 1 aromatic heterocycles. The van der Waals surface area contributed by atoms with Gasteiger partial charge in [0.2, 0.25) is 5.91 Å². The highest BCUT2D eigenvalue weighted by Crippen LogP contribution is 2.30. The van der Waals surface area contributed by atoms with Crippen LogP contribution in [-0.2, 0) is 17.6 Å². The van der Waals surface area contributed by atoms with E-state index >= 15 is 0 Å². The maximum Gasteiger partial charge on any atom is 0.239 e. The van der Waals surface area contributed by atoms with Crippen molar-refractivity contribution in [3.8, 4) is 0 Å². The number of hydrogen-bond donors (Lipinski definition) is 3. The number of fused-ring (bicyclic) bond motifs is 1. The number of benzene rings is 1. The molecule has 2 aromatic rings. The molecule has 0 radical (unpaired) electrons. The lowest BCUT2D eigenvalue weighted by Gasteiger charge is -2.16. The van der Waals surface area contributed by atoms with E-state index < -0.39 is 0 Å². The van der Waals surface area contributed by atoms with Gasteiger partial charge in [0.15, 0.2) is 0 Å². The number of nitrogens with zero attached hydrogens (tertiary/aromatic N) is 2. The van der Waals surface area contributed by atoms with Crippen molar-refractivity contribution in [2.45, 2.75) is 32.1 Å². The van der Waals surface area contributed by atoms with Gasteiger partial charge in [0.25, 0.3) is 0 Å². The molecule has 0 saturated heterocycles. The first kappa shape index (κ1) is 21.1. The predicted octanol–water partition coefficient (Wildman–Crippen LogP) is 4.32. The largest absolute Gasteiger partial charge is 0.380 e. The van der Waals surface area contributed by atoms with Crippen LogP contribution >= 0.6 is 11.6 Å². The van der Waals surface area contributed by atoms with Gasteiger partial charge in [-0.2, -0.15) is 0 Å². The molecule has 4 rings (SSSR count). The Bertz CT molecular complexity index is 1060. The molecule has 1 aliphatic heterocycles. The molecule has 31 heavy (non-hydrogen) atoms. The molecule has 6 nitrogen and oxygen atoms in total. The van der Waals surface area contributed by atoms with E-state index in [1.807, 2.05) is 18.2 Å². The molecule has 1 aromatic carbocycles. The van der Waals surface area contributed by atoms with Gasteiger partial charge >= 0.3 is 0 Å². The lowest BCUT2D eigenvalue weighted by atomic mass is 10.0. The van der Waals surface area contributed by atoms with Crippen LogP contribution in [0, 0.1) is 0 Å². The van der Waals surface area contributed by atoms with E-state index in [1.54, 1.807) is 6.33 Å². The van der Waals surface area contributed by atoms with Crippen LogP contribution in [-0.4, -0.2) is 29.0 Å². The topological polar surface area (TPSA) is 78.9 Å². The number of rotatable bonds is 0. The molecular weight excluding hydrogens is 410 g/mol. The molecule has 0 spiro atoms. The van der Waals surface area contributed by atoms with Gasteiger partial charge in [-0.25, -0.2) is 9.97 Å². The van der Waals surface area contributed by atoms with E-state index in [9.17, 15) is 4.79 Å². The number of nitrogens with one attached hydrogen (secondary N) is 3. The number of anilines is 2. The maximum absolute atomic E-state index is 12.1. The lowest BCUT2D eigenvalue weighted by molar-refractivity contribution is -0.120. The number of aromatic nitrogens is 2. The van der Waals surface area contributed by atoms with E-state index in [0.29, 0.717) is 18.0 Å². The zero-order valence-corrected chi connectivity index (χ0v) is 18.1. The van der Waals surface area contributed by atoms with Gasteiger partial charge < -0.3 is 16.0 Å². The average Bonchev–Trinajstić information content (AvgIpc) is 2.96. The molecule has 0 unspecified atom stereocenters. The molecule has 7 heteroatoms. The highest BCUT2D eigenvalue weighted by molar-refractivity contribution is 6.30. The van der Waals surface area contributed by atoms with Gasteiger partial charge in [-0.05, 0) is 48.6 Å². The summed E-state index contributed by atoms with van der Waals surface area (Å²) in [6.45, 7) is 4.96. The monoisotopic (exact) mass is 435 g/mol. The number of amides is 1. The average molecular weight is 436 g/mol. The zero-order valence-electron chi connectivity index (χ0n) is 17.4. The predicted molar refractivity (Wildman–Crippen MR) is 125 cm³/mol. The Kier molecular flexibility index (Phi) is 6.67. The van der Waals surface area contributed by atoms with Gasteiger partial charge in [-0.15, -0.1) is 0 Å². The van der Waals surface area contributed by atoms with Crippen molar-refractivity contribution in [3.63, 3.8) is 0 Å². The molecule has 2 heterocycles. The molecule has 160 valence electrons. The number of halogens is 1. The van der Waals surface area contributed by atoms with Crippen molar-refractivity contribution in [1.29, 1.82) is 0 Å². The van der Waals surface area contributed by atoms with Crippen molar-refractivity contribution >= 4 is 35.1 Å². The Hall–Kier alpha value is -3.12. The number of carbonyl (C=O) groups is 1. The van der Waals surface area contributed by atoms with Crippen LogP contribution in [0.15, 0.2) is 54.5 Å². The molecule has 2 bridgehead atoms. The lowest BCUT2D eigenvalue weighted by Crippen LogP contribution is -2.34. The Morgan fingerprint density at radius 2 is 2.03 bits per heavy atom. The second kappa shape index (κ2) is 9.79. The number of hydrogen-bond acceptors (Lipinski definition) is 5. The van der Waals surface area contributed by atoms with Crippen LogP contribution in [0.1, 0.15) is 36.1 Å². The van der Waals surface area contributed by atoms with Crippen LogP contribution in [0.3, 0.4) is 0 Å². The second-order valence-electron chi connectivity index (χ2n) is 7.78. The quantitative estimate of drug-likeness (QED) is 0.574. The summed E-state index contributed by atoms with van der Waals surface area (Å²) in [4.78, 5) is 21.1. The highest BCUT2D eigenvalue weighted by Gasteiger charge is 2.15. The molecular formula is C24H26ClN5O. The Morgan fingerprint density at radius 3 is 2.94 bits per heavy atom. The van der Waals surface area contributed by atoms with Crippen molar-refractivity contribution < 1.29 is 4.79 Å². The fourth-order valence-electron chi connectivity index (χ4n) is 3.75. The van der Waals surface area contributed by atoms with Gasteiger partial charge in [-0.1, -0.05) is 36.4 Å². The Balaban J connectivity index is 1.72. The fraction of sp³-hybridized carbons (Fsp3) is 0.292. The minimum atomic E-state index is -0.0270.